The summed E-state index contributed by atoms with van der Waals surface area (Å²) in [7, 11) is 0. The van der Waals surface area contributed by atoms with E-state index >= 15 is 0 Å². The fourth-order valence-electron chi connectivity index (χ4n) is 3.11. The van der Waals surface area contributed by atoms with Gasteiger partial charge >= 0.3 is 5.97 Å². The summed E-state index contributed by atoms with van der Waals surface area (Å²) >= 11 is 0. The molecule has 2 rings (SSSR count). The van der Waals surface area contributed by atoms with E-state index in [9.17, 15) is 4.79 Å². The van der Waals surface area contributed by atoms with Gasteiger partial charge in [-0.05, 0) is 37.3 Å². The van der Waals surface area contributed by atoms with Crippen LogP contribution >= 0.6 is 0 Å². The van der Waals surface area contributed by atoms with Gasteiger partial charge in [-0.2, -0.15) is 0 Å². The zero-order chi connectivity index (χ0) is 14.4. The maximum absolute atomic E-state index is 10.9. The molecule has 4 heteroatoms. The summed E-state index contributed by atoms with van der Waals surface area (Å²) in [5.74, 6) is -0.206. The van der Waals surface area contributed by atoms with Gasteiger partial charge in [-0.3, -0.25) is 0 Å². The zero-order valence-corrected chi connectivity index (χ0v) is 12.1. The van der Waals surface area contributed by atoms with Gasteiger partial charge in [0, 0.05) is 12.6 Å². The van der Waals surface area contributed by atoms with Crippen molar-refractivity contribution < 1.29 is 9.90 Å². The number of carboxylic acid groups (broad SMARTS) is 1. The number of aromatic nitrogens is 1. The molecule has 4 nitrogen and oxygen atoms in total. The molecular weight excluding hydrogens is 252 g/mol. The van der Waals surface area contributed by atoms with Crippen molar-refractivity contribution in [2.45, 2.75) is 58.0 Å². The molecule has 0 saturated heterocycles. The van der Waals surface area contributed by atoms with E-state index in [1.807, 2.05) is 6.07 Å². The smallest absolute Gasteiger partial charge is 0.354 e. The summed E-state index contributed by atoms with van der Waals surface area (Å²) in [5.41, 5.74) is 0.925. The molecule has 0 bridgehead atoms. The Morgan fingerprint density at radius 1 is 1.40 bits per heavy atom. The number of aromatic carboxylic acids is 1. The number of carboxylic acids is 1. The van der Waals surface area contributed by atoms with Gasteiger partial charge in [0.2, 0.25) is 0 Å². The Bertz CT molecular complexity index is 442. The van der Waals surface area contributed by atoms with Gasteiger partial charge in [0.05, 0.1) is 5.69 Å². The number of hydrogen-bond donors (Lipinski definition) is 2. The average Bonchev–Trinajstić information content (AvgIpc) is 2.49. The lowest BCUT2D eigenvalue weighted by molar-refractivity contribution is 0.0690. The fraction of sp³-hybridized carbons (Fsp3) is 0.625. The molecule has 1 fully saturated rings. The molecule has 1 aromatic heterocycles. The van der Waals surface area contributed by atoms with Crippen LogP contribution < -0.4 is 5.32 Å². The minimum absolute atomic E-state index is 0.120. The first-order valence-corrected chi connectivity index (χ1v) is 7.63. The molecule has 0 aliphatic heterocycles. The molecule has 0 amide bonds. The first-order chi connectivity index (χ1) is 9.70. The summed E-state index contributed by atoms with van der Waals surface area (Å²) in [4.78, 5) is 15.1. The second-order valence-electron chi connectivity index (χ2n) is 5.61. The third kappa shape index (κ3) is 4.04. The summed E-state index contributed by atoms with van der Waals surface area (Å²) in [6, 6.07) is 5.69. The first-order valence-electron chi connectivity index (χ1n) is 7.63. The van der Waals surface area contributed by atoms with Crippen LogP contribution in [-0.4, -0.2) is 22.1 Å². The van der Waals surface area contributed by atoms with Crippen LogP contribution in [0.2, 0.25) is 0 Å². The minimum atomic E-state index is -0.967. The van der Waals surface area contributed by atoms with Crippen molar-refractivity contribution >= 4 is 5.97 Å². The highest BCUT2D eigenvalue weighted by Gasteiger charge is 2.21. The quantitative estimate of drug-likeness (QED) is 0.837. The van der Waals surface area contributed by atoms with E-state index in [2.05, 4.69) is 17.2 Å². The van der Waals surface area contributed by atoms with Gasteiger partial charge in [0.1, 0.15) is 5.69 Å². The highest BCUT2D eigenvalue weighted by Crippen LogP contribution is 2.27. The van der Waals surface area contributed by atoms with Gasteiger partial charge in [0.15, 0.2) is 0 Å². The molecule has 1 aliphatic rings. The predicted octanol–water partition coefficient (Wildman–Crippen LogP) is 3.23. The highest BCUT2D eigenvalue weighted by molar-refractivity contribution is 5.85. The van der Waals surface area contributed by atoms with Crippen LogP contribution in [0.3, 0.4) is 0 Å². The second kappa shape index (κ2) is 7.39. The molecule has 0 radical (unpaired) electrons. The SMILES string of the molecule is CCC(NCc1cccc(C(=O)O)n1)C1CCCCC1. The largest absolute Gasteiger partial charge is 0.477 e. The Hall–Kier alpha value is -1.42. The van der Waals surface area contributed by atoms with Gasteiger partial charge in [-0.15, -0.1) is 0 Å². The molecule has 1 unspecified atom stereocenters. The van der Waals surface area contributed by atoms with Crippen molar-refractivity contribution in [2.75, 3.05) is 0 Å². The van der Waals surface area contributed by atoms with Gasteiger partial charge in [-0.1, -0.05) is 32.3 Å². The number of rotatable bonds is 6. The molecular formula is C16H24N2O2. The number of nitrogens with zero attached hydrogens (tertiary/aromatic N) is 1. The van der Waals surface area contributed by atoms with E-state index < -0.39 is 5.97 Å². The summed E-state index contributed by atoms with van der Waals surface area (Å²) in [5, 5.41) is 12.5. The van der Waals surface area contributed by atoms with E-state index in [1.54, 1.807) is 6.07 Å². The molecule has 1 heterocycles. The van der Waals surface area contributed by atoms with Crippen molar-refractivity contribution in [3.63, 3.8) is 0 Å². The monoisotopic (exact) mass is 276 g/mol. The zero-order valence-electron chi connectivity index (χ0n) is 12.1. The second-order valence-corrected chi connectivity index (χ2v) is 5.61. The normalized spacial score (nSPS) is 17.9. The average molecular weight is 276 g/mol. The number of nitrogens with one attached hydrogen (secondary N) is 1. The standard InChI is InChI=1S/C16H24N2O2/c1-2-14(12-7-4-3-5-8-12)17-11-13-9-6-10-15(18-13)16(19)20/h6,9-10,12,14,17H,2-5,7-8,11H2,1H3,(H,19,20). The number of carbonyl (C=O) groups is 1. The van der Waals surface area contributed by atoms with Crippen LogP contribution in [0.15, 0.2) is 18.2 Å². The Morgan fingerprint density at radius 3 is 2.80 bits per heavy atom. The topological polar surface area (TPSA) is 62.2 Å². The van der Waals surface area contributed by atoms with Gasteiger partial charge in [0.25, 0.3) is 0 Å². The van der Waals surface area contributed by atoms with Gasteiger partial charge in [-0.25, -0.2) is 9.78 Å². The fourth-order valence-corrected chi connectivity index (χ4v) is 3.11. The summed E-state index contributed by atoms with van der Waals surface area (Å²) < 4.78 is 0. The van der Waals surface area contributed by atoms with Gasteiger partial charge < -0.3 is 10.4 Å². The summed E-state index contributed by atoms with van der Waals surface area (Å²) in [6.45, 7) is 2.86. The number of pyridine rings is 1. The van der Waals surface area contributed by atoms with Crippen LogP contribution in [0, 0.1) is 5.92 Å². The van der Waals surface area contributed by atoms with Crippen LogP contribution in [0.4, 0.5) is 0 Å². The maximum atomic E-state index is 10.9. The van der Waals surface area contributed by atoms with Crippen molar-refractivity contribution in [3.8, 4) is 0 Å². The summed E-state index contributed by atoms with van der Waals surface area (Å²) in [6.07, 6.45) is 7.80. The van der Waals surface area contributed by atoms with E-state index in [0.717, 1.165) is 18.0 Å². The van der Waals surface area contributed by atoms with Crippen LogP contribution in [0.5, 0.6) is 0 Å². The maximum Gasteiger partial charge on any atom is 0.354 e. The van der Waals surface area contributed by atoms with E-state index in [0.29, 0.717) is 12.6 Å². The lowest BCUT2D eigenvalue weighted by Gasteiger charge is -2.30. The van der Waals surface area contributed by atoms with E-state index in [1.165, 1.54) is 38.2 Å². The van der Waals surface area contributed by atoms with Crippen molar-refractivity contribution in [1.29, 1.82) is 0 Å². The first kappa shape index (κ1) is 15.0. The van der Waals surface area contributed by atoms with Crippen LogP contribution in [0.25, 0.3) is 0 Å². The Balaban J connectivity index is 1.92. The van der Waals surface area contributed by atoms with Crippen molar-refractivity contribution in [3.05, 3.63) is 29.6 Å². The van der Waals surface area contributed by atoms with Crippen molar-refractivity contribution in [1.82, 2.24) is 10.3 Å². The van der Waals surface area contributed by atoms with E-state index in [4.69, 9.17) is 5.11 Å². The van der Waals surface area contributed by atoms with Crippen LogP contribution in [-0.2, 0) is 6.54 Å². The molecule has 110 valence electrons. The third-order valence-corrected chi connectivity index (χ3v) is 4.23. The highest BCUT2D eigenvalue weighted by atomic mass is 16.4. The Kier molecular flexibility index (Phi) is 5.53. The number of hydrogen-bond acceptors (Lipinski definition) is 3. The molecule has 0 aromatic carbocycles. The Morgan fingerprint density at radius 2 is 2.15 bits per heavy atom. The Labute approximate surface area is 120 Å². The molecule has 0 spiro atoms. The molecule has 20 heavy (non-hydrogen) atoms. The molecule has 1 aromatic rings. The lowest BCUT2D eigenvalue weighted by atomic mass is 9.83. The van der Waals surface area contributed by atoms with E-state index in [-0.39, 0.29) is 5.69 Å². The predicted molar refractivity (Wildman–Crippen MR) is 78.7 cm³/mol. The lowest BCUT2D eigenvalue weighted by Crippen LogP contribution is -2.36. The van der Waals surface area contributed by atoms with Crippen LogP contribution in [0.1, 0.15) is 61.6 Å². The minimum Gasteiger partial charge on any atom is -0.477 e. The molecule has 1 saturated carbocycles. The molecule has 2 N–H and O–H groups in total. The van der Waals surface area contributed by atoms with Crippen molar-refractivity contribution in [2.24, 2.45) is 5.92 Å². The molecule has 1 atom stereocenters. The molecule has 1 aliphatic carbocycles. The third-order valence-electron chi connectivity index (χ3n) is 4.23.